The molecule has 0 aliphatic rings. The third-order valence-electron chi connectivity index (χ3n) is 3.12. The number of amides is 1. The van der Waals surface area contributed by atoms with Crippen LogP contribution in [-0.4, -0.2) is 12.5 Å². The minimum Gasteiger partial charge on any atom is -0.376 e. The van der Waals surface area contributed by atoms with E-state index in [0.29, 0.717) is 11.3 Å². The number of carbonyl (C=O) groups is 1. The Morgan fingerprint density at radius 2 is 1.86 bits per heavy atom. The Morgan fingerprint density at radius 3 is 2.48 bits per heavy atom. The van der Waals surface area contributed by atoms with Gasteiger partial charge in [-0.2, -0.15) is 5.26 Å². The highest BCUT2D eigenvalue weighted by molar-refractivity contribution is 5.93. The highest BCUT2D eigenvalue weighted by Crippen LogP contribution is 2.15. The maximum atomic E-state index is 11.9. The Kier molecular flexibility index (Phi) is 4.57. The summed E-state index contributed by atoms with van der Waals surface area (Å²) in [6, 6.07) is 14.9. The Labute approximate surface area is 124 Å². The molecule has 4 heteroatoms. The number of benzene rings is 2. The van der Waals surface area contributed by atoms with E-state index in [0.717, 1.165) is 11.3 Å². The fourth-order valence-corrected chi connectivity index (χ4v) is 2.02. The predicted molar refractivity (Wildman–Crippen MR) is 84.2 cm³/mol. The van der Waals surface area contributed by atoms with Crippen molar-refractivity contribution in [2.45, 2.75) is 13.8 Å². The molecule has 0 heterocycles. The molecule has 2 aromatic rings. The summed E-state index contributed by atoms with van der Waals surface area (Å²) >= 11 is 0. The molecule has 0 atom stereocenters. The summed E-state index contributed by atoms with van der Waals surface area (Å²) in [6.07, 6.45) is 0. The van der Waals surface area contributed by atoms with Crippen molar-refractivity contribution in [2.75, 3.05) is 17.2 Å². The first-order valence-corrected chi connectivity index (χ1v) is 6.69. The van der Waals surface area contributed by atoms with Crippen molar-refractivity contribution < 1.29 is 4.79 Å². The molecule has 106 valence electrons. The molecule has 0 aliphatic carbocycles. The molecular formula is C17H17N3O. The number of rotatable bonds is 4. The van der Waals surface area contributed by atoms with Crippen LogP contribution in [0.2, 0.25) is 0 Å². The van der Waals surface area contributed by atoms with E-state index in [-0.39, 0.29) is 12.5 Å². The molecule has 0 spiro atoms. The quantitative estimate of drug-likeness (QED) is 0.903. The highest BCUT2D eigenvalue weighted by Gasteiger charge is 2.04. The molecule has 0 fully saturated rings. The van der Waals surface area contributed by atoms with Crippen LogP contribution in [0.15, 0.2) is 42.5 Å². The van der Waals surface area contributed by atoms with Gasteiger partial charge in [0.25, 0.3) is 0 Å². The normalized spacial score (nSPS) is 9.76. The van der Waals surface area contributed by atoms with Crippen molar-refractivity contribution in [3.63, 3.8) is 0 Å². The van der Waals surface area contributed by atoms with Gasteiger partial charge >= 0.3 is 0 Å². The van der Waals surface area contributed by atoms with Gasteiger partial charge in [0.05, 0.1) is 18.2 Å². The van der Waals surface area contributed by atoms with Gasteiger partial charge in [0.1, 0.15) is 0 Å². The minimum atomic E-state index is -0.125. The molecule has 21 heavy (non-hydrogen) atoms. The van der Waals surface area contributed by atoms with Gasteiger partial charge in [-0.05, 0) is 49.7 Å². The van der Waals surface area contributed by atoms with E-state index in [1.54, 1.807) is 24.3 Å². The van der Waals surface area contributed by atoms with Gasteiger partial charge in [-0.25, -0.2) is 0 Å². The lowest BCUT2D eigenvalue weighted by atomic mass is 10.1. The summed E-state index contributed by atoms with van der Waals surface area (Å²) in [5.41, 5.74) is 4.51. The smallest absolute Gasteiger partial charge is 0.243 e. The molecule has 1 amide bonds. The monoisotopic (exact) mass is 279 g/mol. The molecule has 0 saturated carbocycles. The van der Waals surface area contributed by atoms with Gasteiger partial charge in [0, 0.05) is 11.4 Å². The number of hydrogen-bond acceptors (Lipinski definition) is 3. The Bertz CT molecular complexity index is 684. The fourth-order valence-electron chi connectivity index (χ4n) is 2.02. The van der Waals surface area contributed by atoms with Crippen LogP contribution in [0.4, 0.5) is 11.4 Å². The highest BCUT2D eigenvalue weighted by atomic mass is 16.1. The van der Waals surface area contributed by atoms with Crippen molar-refractivity contribution in [3.05, 3.63) is 59.2 Å². The Morgan fingerprint density at radius 1 is 1.14 bits per heavy atom. The Balaban J connectivity index is 1.91. The molecule has 0 aliphatic heterocycles. The lowest BCUT2D eigenvalue weighted by molar-refractivity contribution is -0.114. The van der Waals surface area contributed by atoms with Crippen LogP contribution in [0.3, 0.4) is 0 Å². The average molecular weight is 279 g/mol. The summed E-state index contributed by atoms with van der Waals surface area (Å²) in [6.45, 7) is 4.24. The largest absolute Gasteiger partial charge is 0.376 e. The van der Waals surface area contributed by atoms with Crippen LogP contribution >= 0.6 is 0 Å². The van der Waals surface area contributed by atoms with E-state index >= 15 is 0 Å². The summed E-state index contributed by atoms with van der Waals surface area (Å²) in [4.78, 5) is 11.9. The molecule has 0 unspecified atom stereocenters. The average Bonchev–Trinajstić information content (AvgIpc) is 2.47. The molecule has 2 rings (SSSR count). The molecular weight excluding hydrogens is 262 g/mol. The molecule has 4 nitrogen and oxygen atoms in total. The molecule has 0 aromatic heterocycles. The summed E-state index contributed by atoms with van der Waals surface area (Å²) in [5.74, 6) is -0.125. The molecule has 0 saturated heterocycles. The van der Waals surface area contributed by atoms with Gasteiger partial charge in [0.2, 0.25) is 5.91 Å². The van der Waals surface area contributed by atoms with Gasteiger partial charge < -0.3 is 10.6 Å². The van der Waals surface area contributed by atoms with E-state index in [1.165, 1.54) is 5.56 Å². The third-order valence-corrected chi connectivity index (χ3v) is 3.12. The fraction of sp³-hybridized carbons (Fsp3) is 0.176. The molecule has 0 bridgehead atoms. The maximum Gasteiger partial charge on any atom is 0.243 e. The van der Waals surface area contributed by atoms with Crippen molar-refractivity contribution in [3.8, 4) is 6.07 Å². The zero-order valence-electron chi connectivity index (χ0n) is 12.1. The van der Waals surface area contributed by atoms with Crippen molar-refractivity contribution >= 4 is 17.3 Å². The molecule has 2 N–H and O–H groups in total. The summed E-state index contributed by atoms with van der Waals surface area (Å²) < 4.78 is 0. The van der Waals surface area contributed by atoms with E-state index in [9.17, 15) is 4.79 Å². The first-order chi connectivity index (χ1) is 10.1. The predicted octanol–water partition coefficient (Wildman–Crippen LogP) is 3.23. The summed E-state index contributed by atoms with van der Waals surface area (Å²) in [7, 11) is 0. The first-order valence-electron chi connectivity index (χ1n) is 6.69. The van der Waals surface area contributed by atoms with E-state index < -0.39 is 0 Å². The zero-order valence-corrected chi connectivity index (χ0v) is 12.1. The SMILES string of the molecule is Cc1ccc(NCC(=O)Nc2ccc(C#N)cc2)c(C)c1. The standard InChI is InChI=1S/C17H17N3O/c1-12-3-8-16(13(2)9-12)19-11-17(21)20-15-6-4-14(10-18)5-7-15/h3-9,19H,11H2,1-2H3,(H,20,21). The second-order valence-corrected chi connectivity index (χ2v) is 4.91. The van der Waals surface area contributed by atoms with Crippen LogP contribution in [-0.2, 0) is 4.79 Å². The van der Waals surface area contributed by atoms with Gasteiger partial charge in [-0.15, -0.1) is 0 Å². The first kappa shape index (κ1) is 14.6. The topological polar surface area (TPSA) is 64.9 Å². The number of nitrogens with zero attached hydrogens (tertiary/aromatic N) is 1. The number of anilines is 2. The lowest BCUT2D eigenvalue weighted by Crippen LogP contribution is -2.22. The number of hydrogen-bond donors (Lipinski definition) is 2. The van der Waals surface area contributed by atoms with Crippen LogP contribution < -0.4 is 10.6 Å². The molecule has 2 aromatic carbocycles. The third kappa shape index (κ3) is 4.08. The van der Waals surface area contributed by atoms with Crippen molar-refractivity contribution in [1.82, 2.24) is 0 Å². The van der Waals surface area contributed by atoms with Gasteiger partial charge in [0.15, 0.2) is 0 Å². The van der Waals surface area contributed by atoms with Crippen LogP contribution in [0, 0.1) is 25.2 Å². The molecule has 0 radical (unpaired) electrons. The van der Waals surface area contributed by atoms with E-state index in [4.69, 9.17) is 5.26 Å². The number of nitriles is 1. The van der Waals surface area contributed by atoms with Crippen LogP contribution in [0.5, 0.6) is 0 Å². The second kappa shape index (κ2) is 6.58. The van der Waals surface area contributed by atoms with Crippen LogP contribution in [0.25, 0.3) is 0 Å². The zero-order chi connectivity index (χ0) is 15.2. The van der Waals surface area contributed by atoms with Gasteiger partial charge in [-0.1, -0.05) is 17.7 Å². The van der Waals surface area contributed by atoms with Crippen LogP contribution in [0.1, 0.15) is 16.7 Å². The summed E-state index contributed by atoms with van der Waals surface area (Å²) in [5, 5.41) is 14.6. The van der Waals surface area contributed by atoms with Crippen molar-refractivity contribution in [2.24, 2.45) is 0 Å². The van der Waals surface area contributed by atoms with Gasteiger partial charge in [-0.3, -0.25) is 4.79 Å². The Hall–Kier alpha value is -2.80. The number of carbonyl (C=O) groups excluding carboxylic acids is 1. The lowest BCUT2D eigenvalue weighted by Gasteiger charge is -2.10. The maximum absolute atomic E-state index is 11.9. The van der Waals surface area contributed by atoms with Crippen molar-refractivity contribution in [1.29, 1.82) is 5.26 Å². The van der Waals surface area contributed by atoms with E-state index in [1.807, 2.05) is 32.0 Å². The minimum absolute atomic E-state index is 0.125. The second-order valence-electron chi connectivity index (χ2n) is 4.91. The number of nitrogens with one attached hydrogen (secondary N) is 2. The number of aryl methyl sites for hydroxylation is 2. The van der Waals surface area contributed by atoms with E-state index in [2.05, 4.69) is 16.7 Å².